The lowest BCUT2D eigenvalue weighted by molar-refractivity contribution is 0.306. The molecule has 0 saturated carbocycles. The predicted molar refractivity (Wildman–Crippen MR) is 83.3 cm³/mol. The van der Waals surface area contributed by atoms with Gasteiger partial charge in [0.1, 0.15) is 11.5 Å². The molecule has 3 rings (SSSR count). The van der Waals surface area contributed by atoms with Crippen molar-refractivity contribution in [1.29, 1.82) is 0 Å². The van der Waals surface area contributed by atoms with Gasteiger partial charge in [0, 0.05) is 29.0 Å². The quantitative estimate of drug-likeness (QED) is 0.701. The van der Waals surface area contributed by atoms with Gasteiger partial charge in [-0.25, -0.2) is 4.39 Å². The number of rotatable bonds is 4. The Hall–Kier alpha value is -1.72. The van der Waals surface area contributed by atoms with Crippen molar-refractivity contribution in [2.24, 2.45) is 0 Å². The van der Waals surface area contributed by atoms with Gasteiger partial charge in [0.2, 0.25) is 0 Å². The van der Waals surface area contributed by atoms with Gasteiger partial charge >= 0.3 is 0 Å². The summed E-state index contributed by atoms with van der Waals surface area (Å²) in [6.07, 6.45) is 0. The van der Waals surface area contributed by atoms with Gasteiger partial charge in [-0.05, 0) is 36.9 Å². The van der Waals surface area contributed by atoms with Crippen LogP contribution in [0.25, 0.3) is 11.0 Å². The summed E-state index contributed by atoms with van der Waals surface area (Å²) in [6.45, 7) is 1.44. The van der Waals surface area contributed by atoms with E-state index in [0.717, 1.165) is 22.1 Å². The molecule has 0 unspecified atom stereocenters. The molecule has 0 aliphatic carbocycles. The first-order valence-corrected chi connectivity index (χ1v) is 7.38. The Labute approximate surface area is 130 Å². The van der Waals surface area contributed by atoms with Crippen LogP contribution in [-0.2, 0) is 13.1 Å². The molecule has 0 bridgehead atoms. The minimum Gasteiger partial charge on any atom is -0.356 e. The molecule has 0 spiro atoms. The maximum atomic E-state index is 13.1. The van der Waals surface area contributed by atoms with Crippen molar-refractivity contribution < 1.29 is 8.91 Å². The molecular formula is C16H14BrFN2O. The summed E-state index contributed by atoms with van der Waals surface area (Å²) in [6, 6.07) is 12.7. The van der Waals surface area contributed by atoms with Crippen LogP contribution in [0.5, 0.6) is 0 Å². The standard InChI is InChI=1S/C16H14BrFN2O/c1-20(9-11-3-2-4-12(17)7-11)10-15-14-6-5-13(18)8-16(14)21-19-15/h2-8H,9-10H2,1H3. The zero-order valence-corrected chi connectivity index (χ0v) is 13.1. The van der Waals surface area contributed by atoms with Crippen LogP contribution < -0.4 is 0 Å². The fourth-order valence-corrected chi connectivity index (χ4v) is 2.78. The highest BCUT2D eigenvalue weighted by Crippen LogP contribution is 2.21. The Morgan fingerprint density at radius 2 is 2.05 bits per heavy atom. The van der Waals surface area contributed by atoms with Crippen molar-refractivity contribution >= 4 is 26.9 Å². The predicted octanol–water partition coefficient (Wildman–Crippen LogP) is 4.36. The van der Waals surface area contributed by atoms with Crippen LogP contribution in [0.15, 0.2) is 51.5 Å². The van der Waals surface area contributed by atoms with Gasteiger partial charge < -0.3 is 4.52 Å². The van der Waals surface area contributed by atoms with Crippen molar-refractivity contribution in [2.45, 2.75) is 13.1 Å². The average Bonchev–Trinajstić information content (AvgIpc) is 2.81. The number of halogens is 2. The lowest BCUT2D eigenvalue weighted by Gasteiger charge is -2.15. The molecule has 108 valence electrons. The second-order valence-electron chi connectivity index (χ2n) is 5.07. The van der Waals surface area contributed by atoms with E-state index in [-0.39, 0.29) is 5.82 Å². The summed E-state index contributed by atoms with van der Waals surface area (Å²) in [4.78, 5) is 2.14. The lowest BCUT2D eigenvalue weighted by Crippen LogP contribution is -2.17. The van der Waals surface area contributed by atoms with Gasteiger partial charge in [-0.2, -0.15) is 0 Å². The third-order valence-electron chi connectivity index (χ3n) is 3.27. The normalized spacial score (nSPS) is 11.4. The second kappa shape index (κ2) is 5.95. The number of nitrogens with zero attached hydrogens (tertiary/aromatic N) is 2. The molecule has 0 amide bonds. The van der Waals surface area contributed by atoms with Crippen molar-refractivity contribution in [3.63, 3.8) is 0 Å². The molecule has 2 aromatic carbocycles. The van der Waals surface area contributed by atoms with Crippen molar-refractivity contribution in [2.75, 3.05) is 7.05 Å². The minimum absolute atomic E-state index is 0.312. The van der Waals surface area contributed by atoms with Gasteiger partial charge in [0.25, 0.3) is 0 Å². The van der Waals surface area contributed by atoms with Gasteiger partial charge in [0.05, 0.1) is 0 Å². The van der Waals surface area contributed by atoms with E-state index in [1.807, 2.05) is 19.2 Å². The molecule has 0 atom stereocenters. The first kappa shape index (κ1) is 14.2. The third-order valence-corrected chi connectivity index (χ3v) is 3.76. The first-order chi connectivity index (χ1) is 10.1. The van der Waals surface area contributed by atoms with E-state index in [4.69, 9.17) is 4.52 Å². The number of benzene rings is 2. The Morgan fingerprint density at radius 1 is 1.19 bits per heavy atom. The minimum atomic E-state index is -0.312. The second-order valence-corrected chi connectivity index (χ2v) is 5.99. The lowest BCUT2D eigenvalue weighted by atomic mass is 10.2. The zero-order valence-electron chi connectivity index (χ0n) is 11.5. The van der Waals surface area contributed by atoms with Crippen molar-refractivity contribution in [3.05, 3.63) is 64.0 Å². The molecule has 0 aliphatic rings. The fraction of sp³-hybridized carbons (Fsp3) is 0.188. The Balaban J connectivity index is 1.75. The highest BCUT2D eigenvalue weighted by molar-refractivity contribution is 9.10. The van der Waals surface area contributed by atoms with Crippen molar-refractivity contribution in [3.8, 4) is 0 Å². The summed E-state index contributed by atoms with van der Waals surface area (Å²) < 4.78 is 19.4. The highest BCUT2D eigenvalue weighted by Gasteiger charge is 2.11. The van der Waals surface area contributed by atoms with E-state index in [9.17, 15) is 4.39 Å². The summed E-state index contributed by atoms with van der Waals surface area (Å²) in [5, 5.41) is 4.90. The van der Waals surface area contributed by atoms with E-state index in [1.54, 1.807) is 6.07 Å². The summed E-state index contributed by atoms with van der Waals surface area (Å²) in [5.41, 5.74) is 2.52. The number of hydrogen-bond donors (Lipinski definition) is 0. The van der Waals surface area contributed by atoms with Crippen LogP contribution in [0, 0.1) is 5.82 Å². The third kappa shape index (κ3) is 3.31. The average molecular weight is 349 g/mol. The maximum Gasteiger partial charge on any atom is 0.170 e. The van der Waals surface area contributed by atoms with Crippen molar-refractivity contribution in [1.82, 2.24) is 10.1 Å². The molecule has 21 heavy (non-hydrogen) atoms. The van der Waals surface area contributed by atoms with E-state index >= 15 is 0 Å². The zero-order chi connectivity index (χ0) is 14.8. The molecule has 0 radical (unpaired) electrons. The van der Waals surface area contributed by atoms with E-state index in [1.165, 1.54) is 17.7 Å². The molecule has 1 aromatic heterocycles. The van der Waals surface area contributed by atoms with Gasteiger partial charge in [-0.3, -0.25) is 4.90 Å². The smallest absolute Gasteiger partial charge is 0.170 e. The molecule has 0 aliphatic heterocycles. The van der Waals surface area contributed by atoms with Crippen LogP contribution in [0.2, 0.25) is 0 Å². The largest absolute Gasteiger partial charge is 0.356 e. The summed E-state index contributed by atoms with van der Waals surface area (Å²) >= 11 is 3.47. The Kier molecular flexibility index (Phi) is 4.03. The monoisotopic (exact) mass is 348 g/mol. The fourth-order valence-electron chi connectivity index (χ4n) is 2.34. The number of fused-ring (bicyclic) bond motifs is 1. The van der Waals surface area contributed by atoms with E-state index in [2.05, 4.69) is 38.1 Å². The molecule has 0 N–H and O–H groups in total. The van der Waals surface area contributed by atoms with Crippen LogP contribution in [0.3, 0.4) is 0 Å². The number of aromatic nitrogens is 1. The first-order valence-electron chi connectivity index (χ1n) is 6.58. The van der Waals surface area contributed by atoms with Gasteiger partial charge in [0.15, 0.2) is 5.58 Å². The maximum absolute atomic E-state index is 13.1. The van der Waals surface area contributed by atoms with Crippen LogP contribution in [0.1, 0.15) is 11.3 Å². The molecule has 5 heteroatoms. The van der Waals surface area contributed by atoms with Crippen LogP contribution in [0.4, 0.5) is 4.39 Å². The topological polar surface area (TPSA) is 29.3 Å². The molecule has 0 saturated heterocycles. The van der Waals surface area contributed by atoms with E-state index < -0.39 is 0 Å². The highest BCUT2D eigenvalue weighted by atomic mass is 79.9. The Morgan fingerprint density at radius 3 is 2.86 bits per heavy atom. The molecule has 3 aromatic rings. The molecule has 0 fully saturated rings. The van der Waals surface area contributed by atoms with Crippen LogP contribution in [-0.4, -0.2) is 17.1 Å². The van der Waals surface area contributed by atoms with E-state index in [0.29, 0.717) is 12.1 Å². The molecule has 1 heterocycles. The Bertz CT molecular complexity index is 772. The number of hydrogen-bond acceptors (Lipinski definition) is 3. The van der Waals surface area contributed by atoms with Gasteiger partial charge in [-0.15, -0.1) is 0 Å². The SMILES string of the molecule is CN(Cc1cccc(Br)c1)Cc1noc2cc(F)ccc12. The summed E-state index contributed by atoms with van der Waals surface area (Å²) in [5.74, 6) is -0.312. The summed E-state index contributed by atoms with van der Waals surface area (Å²) in [7, 11) is 2.02. The molecule has 3 nitrogen and oxygen atoms in total. The van der Waals surface area contributed by atoms with Gasteiger partial charge in [-0.1, -0.05) is 33.2 Å². The molecular weight excluding hydrogens is 335 g/mol. The van der Waals surface area contributed by atoms with Crippen LogP contribution >= 0.6 is 15.9 Å².